The summed E-state index contributed by atoms with van der Waals surface area (Å²) in [4.78, 5) is 23.9. The zero-order chi connectivity index (χ0) is 19.6. The molecule has 0 spiro atoms. The van der Waals surface area contributed by atoms with Crippen LogP contribution in [0.1, 0.15) is 39.7 Å². The van der Waals surface area contributed by atoms with Crippen molar-refractivity contribution in [2.45, 2.75) is 33.2 Å². The summed E-state index contributed by atoms with van der Waals surface area (Å²) in [6, 6.07) is 7.60. The number of rotatable bonds is 8. The third-order valence-corrected chi connectivity index (χ3v) is 5.15. The first-order chi connectivity index (χ1) is 13.0. The molecule has 0 saturated heterocycles. The van der Waals surface area contributed by atoms with E-state index in [1.807, 2.05) is 37.4 Å². The van der Waals surface area contributed by atoms with Gasteiger partial charge in [-0.1, -0.05) is 19.1 Å². The van der Waals surface area contributed by atoms with Gasteiger partial charge in [-0.05, 0) is 31.0 Å². The molecular weight excluding hydrogens is 485 g/mol. The first-order valence-electron chi connectivity index (χ1n) is 9.29. The van der Waals surface area contributed by atoms with Gasteiger partial charge in [0.15, 0.2) is 5.96 Å². The number of hydrogen-bond acceptors (Lipinski definition) is 4. The molecule has 0 aliphatic carbocycles. The number of aliphatic imine (C=N–C) groups is 1. The van der Waals surface area contributed by atoms with Crippen LogP contribution in [-0.4, -0.2) is 48.9 Å². The van der Waals surface area contributed by atoms with E-state index in [0.717, 1.165) is 42.5 Å². The highest BCUT2D eigenvalue weighted by Gasteiger charge is 2.07. The van der Waals surface area contributed by atoms with Gasteiger partial charge in [-0.25, -0.2) is 9.98 Å². The number of guanidine groups is 1. The lowest BCUT2D eigenvalue weighted by atomic mass is 10.1. The van der Waals surface area contributed by atoms with E-state index >= 15 is 0 Å². The Morgan fingerprint density at radius 1 is 1.18 bits per heavy atom. The van der Waals surface area contributed by atoms with Crippen LogP contribution in [0.2, 0.25) is 0 Å². The van der Waals surface area contributed by atoms with Gasteiger partial charge in [0.05, 0.1) is 11.6 Å². The number of benzene rings is 1. The van der Waals surface area contributed by atoms with E-state index in [1.165, 1.54) is 4.88 Å². The molecule has 2 aromatic rings. The second kappa shape index (κ2) is 12.7. The molecule has 1 aromatic heterocycles. The minimum Gasteiger partial charge on any atom is -0.357 e. The Morgan fingerprint density at radius 2 is 1.89 bits per heavy atom. The number of nitrogens with zero attached hydrogens (tertiary/aromatic N) is 3. The van der Waals surface area contributed by atoms with Crippen LogP contribution < -0.4 is 10.6 Å². The van der Waals surface area contributed by atoms with Crippen molar-refractivity contribution in [2.75, 3.05) is 27.2 Å². The summed E-state index contributed by atoms with van der Waals surface area (Å²) >= 11 is 1.77. The minimum absolute atomic E-state index is 0. The molecule has 0 atom stereocenters. The zero-order valence-corrected chi connectivity index (χ0v) is 20.1. The minimum atomic E-state index is 0. The van der Waals surface area contributed by atoms with Gasteiger partial charge in [0.2, 0.25) is 0 Å². The Hall–Kier alpha value is -1.68. The Morgan fingerprint density at radius 3 is 2.46 bits per heavy atom. The maximum atomic E-state index is 11.9. The number of hydrogen-bond donors (Lipinski definition) is 2. The third-order valence-electron chi connectivity index (χ3n) is 3.95. The first kappa shape index (κ1) is 24.4. The normalized spacial score (nSPS) is 10.9. The van der Waals surface area contributed by atoms with Crippen LogP contribution in [-0.2, 0) is 19.4 Å². The second-order valence-corrected chi connectivity index (χ2v) is 7.54. The summed E-state index contributed by atoms with van der Waals surface area (Å²) in [6.45, 7) is 6.35. The van der Waals surface area contributed by atoms with Gasteiger partial charge in [-0.2, -0.15) is 0 Å². The maximum Gasteiger partial charge on any atom is 0.253 e. The number of thiazole rings is 1. The number of aryl methyl sites for hydroxylation is 1. The predicted molar refractivity (Wildman–Crippen MR) is 128 cm³/mol. The maximum absolute atomic E-state index is 11.9. The Kier molecular flexibility index (Phi) is 11.1. The van der Waals surface area contributed by atoms with Crippen molar-refractivity contribution in [1.82, 2.24) is 20.5 Å². The quantitative estimate of drug-likeness (QED) is 0.322. The average Bonchev–Trinajstić information content (AvgIpc) is 3.14. The highest BCUT2D eigenvalue weighted by atomic mass is 127. The molecule has 8 heteroatoms. The van der Waals surface area contributed by atoms with Gasteiger partial charge >= 0.3 is 0 Å². The summed E-state index contributed by atoms with van der Waals surface area (Å²) in [5.41, 5.74) is 1.75. The molecule has 0 saturated carbocycles. The molecule has 0 aliphatic heterocycles. The zero-order valence-electron chi connectivity index (χ0n) is 17.0. The number of carbonyl (C=O) groups is 1. The third kappa shape index (κ3) is 7.75. The van der Waals surface area contributed by atoms with Crippen molar-refractivity contribution in [3.63, 3.8) is 0 Å². The lowest BCUT2D eigenvalue weighted by molar-refractivity contribution is 0.0827. The van der Waals surface area contributed by atoms with Crippen molar-refractivity contribution in [2.24, 2.45) is 4.99 Å². The van der Waals surface area contributed by atoms with Gasteiger partial charge in [0.1, 0.15) is 0 Å². The Balaban J connectivity index is 0.00000392. The highest BCUT2D eigenvalue weighted by molar-refractivity contribution is 14.0. The molecule has 2 N–H and O–H groups in total. The molecule has 6 nitrogen and oxygen atoms in total. The summed E-state index contributed by atoms with van der Waals surface area (Å²) in [5, 5.41) is 7.77. The van der Waals surface area contributed by atoms with E-state index in [0.29, 0.717) is 12.1 Å². The highest BCUT2D eigenvalue weighted by Crippen LogP contribution is 2.13. The van der Waals surface area contributed by atoms with Crippen LogP contribution in [0.3, 0.4) is 0 Å². The fourth-order valence-electron chi connectivity index (χ4n) is 2.44. The molecule has 0 bridgehead atoms. The van der Waals surface area contributed by atoms with Crippen LogP contribution in [0.5, 0.6) is 0 Å². The van der Waals surface area contributed by atoms with Crippen molar-refractivity contribution in [3.05, 3.63) is 51.5 Å². The molecule has 0 unspecified atom stereocenters. The van der Waals surface area contributed by atoms with E-state index in [1.54, 1.807) is 30.3 Å². The van der Waals surface area contributed by atoms with Crippen molar-refractivity contribution >= 4 is 47.2 Å². The van der Waals surface area contributed by atoms with E-state index < -0.39 is 0 Å². The van der Waals surface area contributed by atoms with Gasteiger partial charge in [0, 0.05) is 50.2 Å². The fraction of sp³-hybridized carbons (Fsp3) is 0.450. The molecule has 0 aliphatic rings. The molecule has 0 fully saturated rings. The molecule has 2 rings (SSSR count). The number of nitrogens with one attached hydrogen (secondary N) is 2. The number of carbonyl (C=O) groups excluding carboxylic acids is 1. The number of halogens is 1. The van der Waals surface area contributed by atoms with Crippen molar-refractivity contribution in [1.29, 1.82) is 0 Å². The average molecular weight is 515 g/mol. The number of aromatic nitrogens is 1. The molecule has 1 heterocycles. The first-order valence-corrected chi connectivity index (χ1v) is 10.1. The van der Waals surface area contributed by atoms with Gasteiger partial charge < -0.3 is 15.5 Å². The SMILES string of the molecule is CCNC(=NCc1ccc(C(=O)N(C)C)cc1)NCCc1ncc(CC)s1.I. The van der Waals surface area contributed by atoms with E-state index in [2.05, 4.69) is 27.5 Å². The van der Waals surface area contributed by atoms with Crippen molar-refractivity contribution in [3.8, 4) is 0 Å². The second-order valence-electron chi connectivity index (χ2n) is 6.34. The molecule has 28 heavy (non-hydrogen) atoms. The molecule has 154 valence electrons. The summed E-state index contributed by atoms with van der Waals surface area (Å²) in [5.74, 6) is 0.798. The van der Waals surface area contributed by atoms with Crippen LogP contribution >= 0.6 is 35.3 Å². The number of amides is 1. The summed E-state index contributed by atoms with van der Waals surface area (Å²) in [7, 11) is 3.51. The topological polar surface area (TPSA) is 69.6 Å². The lowest BCUT2D eigenvalue weighted by Gasteiger charge is -2.11. The lowest BCUT2D eigenvalue weighted by Crippen LogP contribution is -2.38. The fourth-order valence-corrected chi connectivity index (χ4v) is 3.30. The van der Waals surface area contributed by atoms with Gasteiger partial charge in [-0.15, -0.1) is 35.3 Å². The molecular formula is C20H30IN5OS. The smallest absolute Gasteiger partial charge is 0.253 e. The molecule has 1 amide bonds. The predicted octanol–water partition coefficient (Wildman–Crippen LogP) is 3.32. The van der Waals surface area contributed by atoms with E-state index in [-0.39, 0.29) is 29.9 Å². The van der Waals surface area contributed by atoms with Crippen LogP contribution in [0.15, 0.2) is 35.5 Å². The Bertz CT molecular complexity index is 758. The van der Waals surface area contributed by atoms with E-state index in [4.69, 9.17) is 0 Å². The largest absolute Gasteiger partial charge is 0.357 e. The standard InChI is InChI=1S/C20H29N5OS.HI/c1-5-17-14-23-18(27-17)11-12-22-20(21-6-2)24-13-15-7-9-16(10-8-15)19(26)25(3)4;/h7-10,14H,5-6,11-13H2,1-4H3,(H2,21,22,24);1H. The van der Waals surface area contributed by atoms with Crippen LogP contribution in [0.25, 0.3) is 0 Å². The molecule has 1 aromatic carbocycles. The Labute approximate surface area is 188 Å². The summed E-state index contributed by atoms with van der Waals surface area (Å²) in [6.07, 6.45) is 3.88. The van der Waals surface area contributed by atoms with Crippen molar-refractivity contribution < 1.29 is 4.79 Å². The van der Waals surface area contributed by atoms with Crippen LogP contribution in [0, 0.1) is 0 Å². The summed E-state index contributed by atoms with van der Waals surface area (Å²) < 4.78 is 0. The monoisotopic (exact) mass is 515 g/mol. The van der Waals surface area contributed by atoms with Gasteiger partial charge in [0.25, 0.3) is 5.91 Å². The van der Waals surface area contributed by atoms with Crippen LogP contribution in [0.4, 0.5) is 0 Å². The molecule has 0 radical (unpaired) electrons. The van der Waals surface area contributed by atoms with E-state index in [9.17, 15) is 4.79 Å². The van der Waals surface area contributed by atoms with Gasteiger partial charge in [-0.3, -0.25) is 4.79 Å².